The minimum Gasteiger partial charge on any atom is -0.454 e. The normalized spacial score (nSPS) is 16.0. The molecule has 0 spiro atoms. The van der Waals surface area contributed by atoms with Gasteiger partial charge in [0.1, 0.15) is 0 Å². The predicted molar refractivity (Wildman–Crippen MR) is 112 cm³/mol. The van der Waals surface area contributed by atoms with Gasteiger partial charge in [0.2, 0.25) is 10.0 Å². The highest BCUT2D eigenvalue weighted by Crippen LogP contribution is 2.34. The number of Topliss-reactive ketones (excluding diaryl/α,β-unsaturated/α-hetero) is 1. The molecule has 0 saturated heterocycles. The molecule has 0 aromatic heterocycles. The van der Waals surface area contributed by atoms with Gasteiger partial charge in [-0.3, -0.25) is 9.10 Å². The Morgan fingerprint density at radius 2 is 1.72 bits per heavy atom. The van der Waals surface area contributed by atoms with Gasteiger partial charge in [-0.2, -0.15) is 0 Å². The van der Waals surface area contributed by atoms with Crippen molar-refractivity contribution in [2.45, 2.75) is 39.2 Å². The summed E-state index contributed by atoms with van der Waals surface area (Å²) in [6.07, 6.45) is 1.69. The number of fused-ring (bicyclic) bond motifs is 1. The van der Waals surface area contributed by atoms with Gasteiger partial charge in [-0.05, 0) is 48.6 Å². The topological polar surface area (TPSA) is 80.8 Å². The van der Waals surface area contributed by atoms with Crippen LogP contribution in [0.1, 0.15) is 58.5 Å². The number of carbonyl (C=O) groups is 2. The minimum absolute atomic E-state index is 0.207. The van der Waals surface area contributed by atoms with Crippen LogP contribution in [-0.2, 0) is 21.2 Å². The van der Waals surface area contributed by atoms with Gasteiger partial charge < -0.3 is 4.74 Å². The minimum atomic E-state index is -3.39. The van der Waals surface area contributed by atoms with Crippen LogP contribution in [-0.4, -0.2) is 39.1 Å². The summed E-state index contributed by atoms with van der Waals surface area (Å²) >= 11 is 0. The standard InChI is InChI=1S/C22H25NO5S/c1-14(2)16-5-7-17(8-6-16)21(24)13-28-22(25)18-9-10-20-19(12-18)11-15(3)23(20)29(4,26)27/h5-10,12,14-15H,11,13H2,1-4H3/t15-/m1/s1. The maximum atomic E-state index is 12.4. The highest BCUT2D eigenvalue weighted by Gasteiger charge is 2.33. The van der Waals surface area contributed by atoms with Crippen LogP contribution in [0.25, 0.3) is 0 Å². The van der Waals surface area contributed by atoms with E-state index in [1.165, 1.54) is 16.6 Å². The first-order chi connectivity index (χ1) is 13.6. The van der Waals surface area contributed by atoms with Crippen molar-refractivity contribution < 1.29 is 22.7 Å². The number of rotatable bonds is 6. The van der Waals surface area contributed by atoms with Crippen molar-refractivity contribution in [2.24, 2.45) is 0 Å². The summed E-state index contributed by atoms with van der Waals surface area (Å²) in [7, 11) is -3.39. The van der Waals surface area contributed by atoms with Crippen molar-refractivity contribution >= 4 is 27.5 Å². The lowest BCUT2D eigenvalue weighted by atomic mass is 10.0. The molecule has 1 atom stereocenters. The molecular weight excluding hydrogens is 390 g/mol. The summed E-state index contributed by atoms with van der Waals surface area (Å²) in [6, 6.07) is 11.8. The maximum Gasteiger partial charge on any atom is 0.338 e. The molecule has 6 nitrogen and oxygen atoms in total. The fraction of sp³-hybridized carbons (Fsp3) is 0.364. The molecule has 0 aliphatic carbocycles. The third-order valence-electron chi connectivity index (χ3n) is 5.06. The van der Waals surface area contributed by atoms with Gasteiger partial charge in [-0.1, -0.05) is 38.1 Å². The van der Waals surface area contributed by atoms with Crippen LogP contribution in [0.15, 0.2) is 42.5 Å². The average Bonchev–Trinajstić information content (AvgIpc) is 3.00. The number of nitrogens with zero attached hydrogens (tertiary/aromatic N) is 1. The lowest BCUT2D eigenvalue weighted by Crippen LogP contribution is -2.34. The molecule has 1 aliphatic heterocycles. The molecule has 0 unspecified atom stereocenters. The summed E-state index contributed by atoms with van der Waals surface area (Å²) in [6.45, 7) is 5.63. The fourth-order valence-corrected chi connectivity index (χ4v) is 4.85. The number of anilines is 1. The van der Waals surface area contributed by atoms with Gasteiger partial charge in [0, 0.05) is 11.6 Å². The molecule has 0 fully saturated rings. The second-order valence-corrected chi connectivity index (χ2v) is 9.59. The van der Waals surface area contributed by atoms with Crippen LogP contribution < -0.4 is 4.31 Å². The molecule has 0 bridgehead atoms. The van der Waals surface area contributed by atoms with Gasteiger partial charge in [0.05, 0.1) is 17.5 Å². The van der Waals surface area contributed by atoms with Crippen LogP contribution >= 0.6 is 0 Å². The van der Waals surface area contributed by atoms with E-state index in [4.69, 9.17) is 4.74 Å². The van der Waals surface area contributed by atoms with Crippen molar-refractivity contribution in [1.82, 2.24) is 0 Å². The SMILES string of the molecule is CC(C)c1ccc(C(=O)COC(=O)c2ccc3c(c2)C[C@@H](C)N3S(C)(=O)=O)cc1. The summed E-state index contributed by atoms with van der Waals surface area (Å²) in [5, 5.41) is 0. The summed E-state index contributed by atoms with van der Waals surface area (Å²) in [5.41, 5.74) is 3.28. The first kappa shape index (κ1) is 21.0. The van der Waals surface area contributed by atoms with Gasteiger partial charge in [0.25, 0.3) is 0 Å². The molecule has 0 radical (unpaired) electrons. The smallest absolute Gasteiger partial charge is 0.338 e. The fourth-order valence-electron chi connectivity index (χ4n) is 3.59. The quantitative estimate of drug-likeness (QED) is 0.532. The van der Waals surface area contributed by atoms with Crippen molar-refractivity contribution in [1.29, 1.82) is 0 Å². The number of esters is 1. The van der Waals surface area contributed by atoms with E-state index in [0.29, 0.717) is 29.2 Å². The zero-order chi connectivity index (χ0) is 21.3. The predicted octanol–water partition coefficient (Wildman–Crippen LogP) is 3.56. The Kier molecular flexibility index (Phi) is 5.80. The molecule has 1 aliphatic rings. The summed E-state index contributed by atoms with van der Waals surface area (Å²) in [5.74, 6) is -0.504. The highest BCUT2D eigenvalue weighted by atomic mass is 32.2. The molecule has 0 amide bonds. The van der Waals surface area contributed by atoms with E-state index in [1.807, 2.05) is 19.1 Å². The van der Waals surface area contributed by atoms with Crippen molar-refractivity contribution in [3.05, 3.63) is 64.7 Å². The van der Waals surface area contributed by atoms with E-state index in [0.717, 1.165) is 11.1 Å². The first-order valence-corrected chi connectivity index (χ1v) is 11.4. The average molecular weight is 416 g/mol. The number of hydrogen-bond acceptors (Lipinski definition) is 5. The molecule has 3 rings (SSSR count). The van der Waals surface area contributed by atoms with E-state index in [-0.39, 0.29) is 18.4 Å². The summed E-state index contributed by atoms with van der Waals surface area (Å²) in [4.78, 5) is 24.7. The molecular formula is C22H25NO5S. The third kappa shape index (κ3) is 4.50. The van der Waals surface area contributed by atoms with Gasteiger partial charge in [0.15, 0.2) is 12.4 Å². The number of benzene rings is 2. The Bertz CT molecular complexity index is 1040. The van der Waals surface area contributed by atoms with Crippen molar-refractivity contribution in [3.8, 4) is 0 Å². The molecule has 154 valence electrons. The third-order valence-corrected chi connectivity index (χ3v) is 6.33. The Morgan fingerprint density at radius 1 is 1.10 bits per heavy atom. The number of hydrogen-bond donors (Lipinski definition) is 0. The Morgan fingerprint density at radius 3 is 2.31 bits per heavy atom. The molecule has 1 heterocycles. The van der Waals surface area contributed by atoms with Crippen LogP contribution in [0.3, 0.4) is 0 Å². The number of sulfonamides is 1. The van der Waals surface area contributed by atoms with Crippen molar-refractivity contribution in [2.75, 3.05) is 17.2 Å². The largest absolute Gasteiger partial charge is 0.454 e. The molecule has 0 saturated carbocycles. The van der Waals surface area contributed by atoms with Gasteiger partial charge in [-0.15, -0.1) is 0 Å². The number of ether oxygens (including phenoxy) is 1. The van der Waals surface area contributed by atoms with E-state index in [2.05, 4.69) is 13.8 Å². The second-order valence-electron chi connectivity index (χ2n) is 7.73. The molecule has 2 aromatic rings. The van der Waals surface area contributed by atoms with E-state index in [1.54, 1.807) is 24.3 Å². The van der Waals surface area contributed by atoms with Gasteiger partial charge >= 0.3 is 5.97 Å². The first-order valence-electron chi connectivity index (χ1n) is 9.50. The number of ketones is 1. The molecule has 2 aromatic carbocycles. The highest BCUT2D eigenvalue weighted by molar-refractivity contribution is 7.92. The van der Waals surface area contributed by atoms with E-state index in [9.17, 15) is 18.0 Å². The molecule has 7 heteroatoms. The monoisotopic (exact) mass is 415 g/mol. The molecule has 0 N–H and O–H groups in total. The zero-order valence-electron chi connectivity index (χ0n) is 17.0. The van der Waals surface area contributed by atoms with Crippen LogP contribution in [0.2, 0.25) is 0 Å². The van der Waals surface area contributed by atoms with Crippen LogP contribution in [0.4, 0.5) is 5.69 Å². The van der Waals surface area contributed by atoms with Gasteiger partial charge in [-0.25, -0.2) is 13.2 Å². The van der Waals surface area contributed by atoms with Crippen molar-refractivity contribution in [3.63, 3.8) is 0 Å². The second kappa shape index (κ2) is 7.99. The maximum absolute atomic E-state index is 12.4. The zero-order valence-corrected chi connectivity index (χ0v) is 17.8. The Hall–Kier alpha value is -2.67. The molecule has 29 heavy (non-hydrogen) atoms. The lowest BCUT2D eigenvalue weighted by molar-refractivity contribution is 0.0474. The number of carbonyl (C=O) groups excluding carboxylic acids is 2. The Labute approximate surface area is 171 Å². The summed E-state index contributed by atoms with van der Waals surface area (Å²) < 4.78 is 30.5. The lowest BCUT2D eigenvalue weighted by Gasteiger charge is -2.21. The van der Waals surface area contributed by atoms with Crippen LogP contribution in [0, 0.1) is 0 Å². The van der Waals surface area contributed by atoms with Crippen LogP contribution in [0.5, 0.6) is 0 Å². The van der Waals surface area contributed by atoms with E-state index >= 15 is 0 Å². The van der Waals surface area contributed by atoms with E-state index < -0.39 is 16.0 Å². The Balaban J connectivity index is 1.68.